The molecule has 1 aromatic heterocycles. The number of carbonyl (C=O) groups excluding carboxylic acids is 1. The smallest absolute Gasteiger partial charge is 0.375 e. The van der Waals surface area contributed by atoms with Crippen LogP contribution in [0.25, 0.3) is 0 Å². The van der Waals surface area contributed by atoms with Crippen molar-refractivity contribution in [2.45, 2.75) is 13.0 Å². The van der Waals surface area contributed by atoms with Crippen molar-refractivity contribution >= 4 is 5.97 Å². The van der Waals surface area contributed by atoms with Crippen molar-refractivity contribution in [2.75, 3.05) is 14.2 Å². The Kier molecular flexibility index (Phi) is 3.02. The minimum Gasteiger partial charge on any atom is -0.463 e. The standard InChI is InChI=1S/C8H12N2O3/c1-5(9-2)7-10-4-6(13-7)8(11)12-3/h4-5,9H,1-3H3. The van der Waals surface area contributed by atoms with Crippen LogP contribution in [-0.2, 0) is 4.74 Å². The minimum atomic E-state index is -0.512. The number of hydrogen-bond acceptors (Lipinski definition) is 5. The second-order valence-corrected chi connectivity index (χ2v) is 2.56. The monoisotopic (exact) mass is 184 g/mol. The molecular weight excluding hydrogens is 172 g/mol. The molecule has 5 nitrogen and oxygen atoms in total. The van der Waals surface area contributed by atoms with Gasteiger partial charge in [0, 0.05) is 0 Å². The van der Waals surface area contributed by atoms with Gasteiger partial charge < -0.3 is 14.5 Å². The maximum Gasteiger partial charge on any atom is 0.375 e. The molecule has 1 rings (SSSR count). The zero-order chi connectivity index (χ0) is 9.84. The van der Waals surface area contributed by atoms with Crippen molar-refractivity contribution in [1.29, 1.82) is 0 Å². The van der Waals surface area contributed by atoms with Crippen molar-refractivity contribution in [2.24, 2.45) is 0 Å². The van der Waals surface area contributed by atoms with E-state index in [1.807, 2.05) is 6.92 Å². The lowest BCUT2D eigenvalue weighted by Crippen LogP contribution is -2.12. The fourth-order valence-corrected chi connectivity index (χ4v) is 0.806. The number of esters is 1. The fraction of sp³-hybridized carbons (Fsp3) is 0.500. The molecule has 1 heterocycles. The molecule has 0 radical (unpaired) electrons. The third-order valence-electron chi connectivity index (χ3n) is 1.71. The Balaban J connectivity index is 2.80. The van der Waals surface area contributed by atoms with E-state index in [1.54, 1.807) is 7.05 Å². The van der Waals surface area contributed by atoms with Crippen molar-refractivity contribution in [3.05, 3.63) is 17.8 Å². The van der Waals surface area contributed by atoms with E-state index < -0.39 is 5.97 Å². The minimum absolute atomic E-state index is 0.0154. The molecule has 1 atom stereocenters. The lowest BCUT2D eigenvalue weighted by atomic mass is 10.3. The summed E-state index contributed by atoms with van der Waals surface area (Å²) in [6, 6.07) is -0.0154. The molecule has 0 bridgehead atoms. The highest BCUT2D eigenvalue weighted by atomic mass is 16.5. The normalized spacial score (nSPS) is 12.5. The van der Waals surface area contributed by atoms with Crippen LogP contribution in [0.1, 0.15) is 29.4 Å². The lowest BCUT2D eigenvalue weighted by Gasteiger charge is -2.03. The lowest BCUT2D eigenvalue weighted by molar-refractivity contribution is 0.0562. The van der Waals surface area contributed by atoms with E-state index in [0.29, 0.717) is 5.89 Å². The summed E-state index contributed by atoms with van der Waals surface area (Å²) in [6.45, 7) is 1.88. The molecular formula is C8H12N2O3. The molecule has 13 heavy (non-hydrogen) atoms. The molecule has 0 spiro atoms. The SMILES string of the molecule is CNC(C)c1ncc(C(=O)OC)o1. The summed E-state index contributed by atoms with van der Waals surface area (Å²) < 4.78 is 9.61. The Hall–Kier alpha value is -1.36. The predicted octanol–water partition coefficient (Wildman–Crippen LogP) is 0.742. The predicted molar refractivity (Wildman–Crippen MR) is 45.3 cm³/mol. The Labute approximate surface area is 76.1 Å². The molecule has 1 aromatic rings. The van der Waals surface area contributed by atoms with Gasteiger partial charge in [0.2, 0.25) is 11.7 Å². The summed E-state index contributed by atoms with van der Waals surface area (Å²) >= 11 is 0. The molecule has 0 aromatic carbocycles. The van der Waals surface area contributed by atoms with E-state index in [9.17, 15) is 4.79 Å². The van der Waals surface area contributed by atoms with Crippen LogP contribution in [0, 0.1) is 0 Å². The van der Waals surface area contributed by atoms with Crippen molar-refractivity contribution in [1.82, 2.24) is 10.3 Å². The zero-order valence-electron chi connectivity index (χ0n) is 7.83. The van der Waals surface area contributed by atoms with E-state index in [1.165, 1.54) is 13.3 Å². The first-order valence-corrected chi connectivity index (χ1v) is 3.90. The van der Waals surface area contributed by atoms with Gasteiger partial charge in [0.1, 0.15) is 0 Å². The van der Waals surface area contributed by atoms with Crippen molar-refractivity contribution in [3.8, 4) is 0 Å². The number of rotatable bonds is 3. The van der Waals surface area contributed by atoms with Crippen LogP contribution in [0.5, 0.6) is 0 Å². The summed E-state index contributed by atoms with van der Waals surface area (Å²) in [5, 5.41) is 2.94. The Morgan fingerprint density at radius 3 is 3.00 bits per heavy atom. The first-order valence-electron chi connectivity index (χ1n) is 3.90. The van der Waals surface area contributed by atoms with Crippen LogP contribution in [0.15, 0.2) is 10.6 Å². The van der Waals surface area contributed by atoms with E-state index in [0.717, 1.165) is 0 Å². The van der Waals surface area contributed by atoms with Gasteiger partial charge >= 0.3 is 5.97 Å². The van der Waals surface area contributed by atoms with Crippen LogP contribution in [-0.4, -0.2) is 25.1 Å². The molecule has 0 aliphatic heterocycles. The van der Waals surface area contributed by atoms with Crippen LogP contribution in [0.2, 0.25) is 0 Å². The topological polar surface area (TPSA) is 64.4 Å². The van der Waals surface area contributed by atoms with Crippen LogP contribution in [0.4, 0.5) is 0 Å². The van der Waals surface area contributed by atoms with E-state index in [2.05, 4.69) is 15.0 Å². The van der Waals surface area contributed by atoms with Gasteiger partial charge in [-0.15, -0.1) is 0 Å². The molecule has 0 aliphatic rings. The van der Waals surface area contributed by atoms with Crippen molar-refractivity contribution in [3.63, 3.8) is 0 Å². The molecule has 0 aliphatic carbocycles. The highest BCUT2D eigenvalue weighted by Gasteiger charge is 2.15. The Morgan fingerprint density at radius 2 is 2.46 bits per heavy atom. The first-order chi connectivity index (χ1) is 6.19. The zero-order valence-corrected chi connectivity index (χ0v) is 7.83. The molecule has 0 amide bonds. The first kappa shape index (κ1) is 9.73. The van der Waals surface area contributed by atoms with Gasteiger partial charge in [-0.3, -0.25) is 0 Å². The van der Waals surface area contributed by atoms with Gasteiger partial charge in [-0.2, -0.15) is 0 Å². The highest BCUT2D eigenvalue weighted by molar-refractivity contribution is 5.85. The molecule has 5 heteroatoms. The molecule has 0 saturated heterocycles. The number of nitrogens with one attached hydrogen (secondary N) is 1. The average molecular weight is 184 g/mol. The fourth-order valence-electron chi connectivity index (χ4n) is 0.806. The molecule has 1 N–H and O–H groups in total. The van der Waals surface area contributed by atoms with Crippen LogP contribution >= 0.6 is 0 Å². The van der Waals surface area contributed by atoms with Gasteiger partial charge in [-0.1, -0.05) is 0 Å². The quantitative estimate of drug-likeness (QED) is 0.702. The van der Waals surface area contributed by atoms with Gasteiger partial charge in [0.25, 0.3) is 0 Å². The second kappa shape index (κ2) is 4.04. The molecule has 0 fully saturated rings. The number of hydrogen-bond donors (Lipinski definition) is 1. The van der Waals surface area contributed by atoms with Gasteiger partial charge in [-0.25, -0.2) is 9.78 Å². The summed E-state index contributed by atoms with van der Waals surface area (Å²) in [4.78, 5) is 14.9. The maximum absolute atomic E-state index is 11.0. The highest BCUT2D eigenvalue weighted by Crippen LogP contribution is 2.12. The Bertz CT molecular complexity index is 295. The van der Waals surface area contributed by atoms with Crippen LogP contribution in [0.3, 0.4) is 0 Å². The number of nitrogens with zero attached hydrogens (tertiary/aromatic N) is 1. The van der Waals surface area contributed by atoms with Gasteiger partial charge in [-0.05, 0) is 14.0 Å². The summed E-state index contributed by atoms with van der Waals surface area (Å²) in [5.74, 6) is 0.0875. The molecule has 72 valence electrons. The van der Waals surface area contributed by atoms with E-state index in [-0.39, 0.29) is 11.8 Å². The third kappa shape index (κ3) is 2.06. The van der Waals surface area contributed by atoms with Gasteiger partial charge in [0.05, 0.1) is 19.3 Å². The Morgan fingerprint density at radius 1 is 1.77 bits per heavy atom. The third-order valence-corrected chi connectivity index (χ3v) is 1.71. The average Bonchev–Trinajstić information content (AvgIpc) is 2.64. The second-order valence-electron chi connectivity index (χ2n) is 2.56. The van der Waals surface area contributed by atoms with E-state index in [4.69, 9.17) is 4.42 Å². The summed E-state index contributed by atoms with van der Waals surface area (Å²) in [6.07, 6.45) is 1.36. The largest absolute Gasteiger partial charge is 0.463 e. The number of methoxy groups -OCH3 is 1. The number of ether oxygens (including phenoxy) is 1. The maximum atomic E-state index is 11.0. The molecule has 1 unspecified atom stereocenters. The van der Waals surface area contributed by atoms with Crippen molar-refractivity contribution < 1.29 is 13.9 Å². The van der Waals surface area contributed by atoms with Gasteiger partial charge in [0.15, 0.2) is 0 Å². The number of carbonyl (C=O) groups is 1. The van der Waals surface area contributed by atoms with Crippen LogP contribution < -0.4 is 5.32 Å². The molecule has 0 saturated carbocycles. The summed E-state index contributed by atoms with van der Waals surface area (Å²) in [5.41, 5.74) is 0. The van der Waals surface area contributed by atoms with E-state index >= 15 is 0 Å². The number of oxazole rings is 1. The number of aromatic nitrogens is 1. The summed E-state index contributed by atoms with van der Waals surface area (Å²) in [7, 11) is 3.08.